The summed E-state index contributed by atoms with van der Waals surface area (Å²) in [5.74, 6) is -0.779. The average molecular weight is 382 g/mol. The number of nitrogens with zero attached hydrogens (tertiary/aromatic N) is 1. The number of anilines is 1. The topological polar surface area (TPSA) is 75.4 Å². The molecule has 3 N–H and O–H groups in total. The first-order valence-corrected chi connectivity index (χ1v) is 8.73. The number of hydrogen-bond acceptors (Lipinski definition) is 4. The molecule has 0 spiro atoms. The van der Waals surface area contributed by atoms with Crippen LogP contribution in [0.1, 0.15) is 13.8 Å². The van der Waals surface area contributed by atoms with Gasteiger partial charge in [0.05, 0.1) is 4.47 Å². The summed E-state index contributed by atoms with van der Waals surface area (Å²) < 4.78 is 41.4. The van der Waals surface area contributed by atoms with Gasteiger partial charge in [0.25, 0.3) is 0 Å². The largest absolute Gasteiger partial charge is 0.399 e. The zero-order valence-corrected chi connectivity index (χ0v) is 14.9. The van der Waals surface area contributed by atoms with Crippen molar-refractivity contribution in [2.75, 3.05) is 26.4 Å². The van der Waals surface area contributed by atoms with Crippen molar-refractivity contribution in [2.45, 2.75) is 24.8 Å². The van der Waals surface area contributed by atoms with Crippen LogP contribution in [-0.2, 0) is 10.0 Å². The van der Waals surface area contributed by atoms with E-state index in [0.717, 1.165) is 6.07 Å². The zero-order valence-electron chi connectivity index (χ0n) is 12.5. The van der Waals surface area contributed by atoms with E-state index in [4.69, 9.17) is 5.73 Å². The molecule has 0 heterocycles. The summed E-state index contributed by atoms with van der Waals surface area (Å²) in [5, 5.41) is 0. The van der Waals surface area contributed by atoms with Crippen molar-refractivity contribution < 1.29 is 12.8 Å². The molecule has 0 fully saturated rings. The molecule has 1 unspecified atom stereocenters. The first-order chi connectivity index (χ1) is 9.54. The van der Waals surface area contributed by atoms with Crippen molar-refractivity contribution in [1.29, 1.82) is 0 Å². The number of nitrogens with two attached hydrogens (primary N) is 1. The maximum absolute atomic E-state index is 14.1. The van der Waals surface area contributed by atoms with Crippen LogP contribution in [-0.4, -0.2) is 40.0 Å². The molecule has 0 amide bonds. The van der Waals surface area contributed by atoms with Crippen molar-refractivity contribution in [3.63, 3.8) is 0 Å². The van der Waals surface area contributed by atoms with E-state index in [-0.39, 0.29) is 22.1 Å². The van der Waals surface area contributed by atoms with Gasteiger partial charge in [-0.15, -0.1) is 0 Å². The lowest BCUT2D eigenvalue weighted by Gasteiger charge is -2.25. The monoisotopic (exact) mass is 381 g/mol. The SMILES string of the molecule is CC(C)C(CN(C)C)NS(=O)(=O)c1cc(N)cc(Br)c1F. The lowest BCUT2D eigenvalue weighted by molar-refractivity contribution is 0.314. The smallest absolute Gasteiger partial charge is 0.243 e. The molecule has 0 aliphatic heterocycles. The van der Waals surface area contributed by atoms with E-state index in [0.29, 0.717) is 6.54 Å². The average Bonchev–Trinajstić information content (AvgIpc) is 2.31. The molecule has 1 rings (SSSR count). The van der Waals surface area contributed by atoms with Crippen LogP contribution in [0.5, 0.6) is 0 Å². The minimum Gasteiger partial charge on any atom is -0.399 e. The van der Waals surface area contributed by atoms with Gasteiger partial charge in [-0.05, 0) is 48.1 Å². The molecule has 1 aromatic rings. The van der Waals surface area contributed by atoms with Gasteiger partial charge in [0.2, 0.25) is 10.0 Å². The summed E-state index contributed by atoms with van der Waals surface area (Å²) in [5.41, 5.74) is 5.78. The minimum absolute atomic E-state index is 0.0246. The Morgan fingerprint density at radius 2 is 1.95 bits per heavy atom. The first-order valence-electron chi connectivity index (χ1n) is 6.46. The van der Waals surface area contributed by atoms with Crippen LogP contribution in [0, 0.1) is 11.7 Å². The Morgan fingerprint density at radius 1 is 1.38 bits per heavy atom. The summed E-state index contributed by atoms with van der Waals surface area (Å²) in [7, 11) is -0.290. The van der Waals surface area contributed by atoms with E-state index < -0.39 is 20.7 Å². The second-order valence-corrected chi connectivity index (χ2v) is 8.09. The molecule has 120 valence electrons. The Bertz CT molecular complexity index is 606. The Morgan fingerprint density at radius 3 is 2.43 bits per heavy atom. The number of sulfonamides is 1. The van der Waals surface area contributed by atoms with Gasteiger partial charge in [0.1, 0.15) is 4.90 Å². The molecule has 1 aromatic carbocycles. The Hall–Kier alpha value is -0.700. The normalized spacial score (nSPS) is 13.9. The van der Waals surface area contributed by atoms with Crippen LogP contribution < -0.4 is 10.5 Å². The molecule has 0 saturated heterocycles. The van der Waals surface area contributed by atoms with E-state index in [2.05, 4.69) is 20.7 Å². The predicted octanol–water partition coefficient (Wildman–Crippen LogP) is 2.03. The maximum atomic E-state index is 14.1. The summed E-state index contributed by atoms with van der Waals surface area (Å²) in [6, 6.07) is 2.12. The molecular weight excluding hydrogens is 361 g/mol. The van der Waals surface area contributed by atoms with Gasteiger partial charge in [-0.1, -0.05) is 13.8 Å². The number of nitrogens with one attached hydrogen (secondary N) is 1. The van der Waals surface area contributed by atoms with Crippen LogP contribution in [0.25, 0.3) is 0 Å². The van der Waals surface area contributed by atoms with Crippen molar-refractivity contribution in [3.05, 3.63) is 22.4 Å². The molecule has 0 saturated carbocycles. The highest BCUT2D eigenvalue weighted by Crippen LogP contribution is 2.26. The summed E-state index contributed by atoms with van der Waals surface area (Å²) in [4.78, 5) is 1.43. The lowest BCUT2D eigenvalue weighted by Crippen LogP contribution is -2.45. The van der Waals surface area contributed by atoms with E-state index in [1.807, 2.05) is 32.8 Å². The Labute approximate surface area is 133 Å². The van der Waals surface area contributed by atoms with Gasteiger partial charge in [0.15, 0.2) is 5.82 Å². The summed E-state index contributed by atoms with van der Waals surface area (Å²) in [6.45, 7) is 4.33. The fraction of sp³-hybridized carbons (Fsp3) is 0.538. The number of hydrogen-bond donors (Lipinski definition) is 2. The molecule has 0 aromatic heterocycles. The minimum atomic E-state index is -3.99. The van der Waals surface area contributed by atoms with Crippen molar-refractivity contribution >= 4 is 31.6 Å². The molecular formula is C13H21BrFN3O2S. The quantitative estimate of drug-likeness (QED) is 0.739. The van der Waals surface area contributed by atoms with Crippen LogP contribution in [0.2, 0.25) is 0 Å². The fourth-order valence-corrected chi connectivity index (χ4v) is 3.94. The second-order valence-electron chi connectivity index (χ2n) is 5.55. The third-order valence-electron chi connectivity index (χ3n) is 2.98. The lowest BCUT2D eigenvalue weighted by atomic mass is 10.1. The van der Waals surface area contributed by atoms with Crippen molar-refractivity contribution in [1.82, 2.24) is 9.62 Å². The first kappa shape index (κ1) is 18.3. The van der Waals surface area contributed by atoms with Gasteiger partial charge >= 0.3 is 0 Å². The molecule has 0 radical (unpaired) electrons. The second kappa shape index (κ2) is 7.04. The Kier molecular flexibility index (Phi) is 6.15. The van der Waals surface area contributed by atoms with Gasteiger partial charge in [0, 0.05) is 18.3 Å². The fourth-order valence-electron chi connectivity index (χ4n) is 1.82. The number of likely N-dealkylation sites (N-methyl/N-ethyl adjacent to an activating group) is 1. The zero-order chi connectivity index (χ0) is 16.4. The number of rotatable bonds is 6. The highest BCUT2D eigenvalue weighted by Gasteiger charge is 2.26. The third-order valence-corrected chi connectivity index (χ3v) is 5.05. The van der Waals surface area contributed by atoms with E-state index in [1.54, 1.807) is 0 Å². The van der Waals surface area contributed by atoms with E-state index in [1.165, 1.54) is 6.07 Å². The Balaban J connectivity index is 3.16. The predicted molar refractivity (Wildman–Crippen MR) is 86.0 cm³/mol. The van der Waals surface area contributed by atoms with Crippen LogP contribution in [0.4, 0.5) is 10.1 Å². The van der Waals surface area contributed by atoms with Gasteiger partial charge in [-0.25, -0.2) is 17.5 Å². The highest BCUT2D eigenvalue weighted by molar-refractivity contribution is 9.10. The molecule has 0 aliphatic rings. The molecule has 0 bridgehead atoms. The summed E-state index contributed by atoms with van der Waals surface area (Å²) >= 11 is 2.97. The van der Waals surface area contributed by atoms with E-state index in [9.17, 15) is 12.8 Å². The maximum Gasteiger partial charge on any atom is 0.243 e. The van der Waals surface area contributed by atoms with Crippen LogP contribution in [0.3, 0.4) is 0 Å². The van der Waals surface area contributed by atoms with Crippen LogP contribution in [0.15, 0.2) is 21.5 Å². The summed E-state index contributed by atoms with van der Waals surface area (Å²) in [6.07, 6.45) is 0. The highest BCUT2D eigenvalue weighted by atomic mass is 79.9. The van der Waals surface area contributed by atoms with Gasteiger partial charge < -0.3 is 10.6 Å². The van der Waals surface area contributed by atoms with Gasteiger partial charge in [-0.3, -0.25) is 0 Å². The molecule has 5 nitrogen and oxygen atoms in total. The van der Waals surface area contributed by atoms with E-state index >= 15 is 0 Å². The third kappa shape index (κ3) is 4.91. The van der Waals surface area contributed by atoms with Crippen LogP contribution >= 0.6 is 15.9 Å². The molecule has 8 heteroatoms. The number of nitrogen functional groups attached to an aromatic ring is 1. The van der Waals surface area contributed by atoms with Crippen molar-refractivity contribution in [3.8, 4) is 0 Å². The standard InChI is InChI=1S/C13H21BrFN3O2S/c1-8(2)11(7-18(3)4)17-21(19,20)12-6-9(16)5-10(14)13(12)15/h5-6,8,11,17H,7,16H2,1-4H3. The van der Waals surface area contributed by atoms with Gasteiger partial charge in [-0.2, -0.15) is 0 Å². The van der Waals surface area contributed by atoms with Crippen molar-refractivity contribution in [2.24, 2.45) is 5.92 Å². The number of halogens is 2. The number of benzene rings is 1. The molecule has 21 heavy (non-hydrogen) atoms. The molecule has 0 aliphatic carbocycles. The molecule has 1 atom stereocenters.